The fraction of sp³-hybridized carbons (Fsp3) is 0.562. The number of rotatable bonds is 7. The molecule has 2 aromatic rings. The van der Waals surface area contributed by atoms with E-state index in [2.05, 4.69) is 42.7 Å². The van der Waals surface area contributed by atoms with Gasteiger partial charge in [-0.3, -0.25) is 0 Å². The minimum absolute atomic E-state index is 0. The number of unbranched alkanes of at least 4 members (excludes halogenated alkanes) is 3. The van der Waals surface area contributed by atoms with Gasteiger partial charge in [0.2, 0.25) is 0 Å². The third-order valence-electron chi connectivity index (χ3n) is 3.47. The molecular weight excluding hydrogens is 284 g/mol. The Bertz CT molecular complexity index is 490. The van der Waals surface area contributed by atoms with Gasteiger partial charge >= 0.3 is 17.1 Å². The van der Waals surface area contributed by atoms with E-state index in [1.54, 1.807) is 0 Å². The Morgan fingerprint density at radius 1 is 1.00 bits per heavy atom. The number of aromatic nitrogens is 2. The quantitative estimate of drug-likeness (QED) is 0.541. The summed E-state index contributed by atoms with van der Waals surface area (Å²) in [6.07, 6.45) is 7.42. The fourth-order valence-corrected chi connectivity index (χ4v) is 2.42. The smallest absolute Gasteiger partial charge is 0.328 e. The van der Waals surface area contributed by atoms with E-state index in [4.69, 9.17) is 4.98 Å². The van der Waals surface area contributed by atoms with Gasteiger partial charge in [-0.05, 0) is 25.0 Å². The molecule has 107 valence electrons. The van der Waals surface area contributed by atoms with E-state index in [9.17, 15) is 0 Å². The van der Waals surface area contributed by atoms with Crippen molar-refractivity contribution in [2.75, 3.05) is 0 Å². The van der Waals surface area contributed by atoms with E-state index in [1.807, 2.05) is 0 Å². The maximum Gasteiger partial charge on any atom is 2.00 e. The summed E-state index contributed by atoms with van der Waals surface area (Å²) in [6.45, 7) is 5.61. The Kier molecular flexibility index (Phi) is 7.19. The summed E-state index contributed by atoms with van der Waals surface area (Å²) in [5.41, 5.74) is 2.46. The van der Waals surface area contributed by atoms with Crippen LogP contribution in [0.1, 0.15) is 51.8 Å². The number of para-hydroxylation sites is 2. The first-order valence-corrected chi connectivity index (χ1v) is 7.31. The maximum absolute atomic E-state index is 4.80. The number of aryl methyl sites for hydroxylation is 2. The largest absolute Gasteiger partial charge is 2.00 e. The molecule has 1 aromatic heterocycles. The van der Waals surface area contributed by atoms with Crippen molar-refractivity contribution in [1.82, 2.24) is 9.55 Å². The predicted molar refractivity (Wildman–Crippen MR) is 77.9 cm³/mol. The summed E-state index contributed by atoms with van der Waals surface area (Å²) < 4.78 is 2.43. The Labute approximate surface area is 127 Å². The van der Waals surface area contributed by atoms with Crippen LogP contribution in [0.2, 0.25) is 0 Å². The summed E-state index contributed by atoms with van der Waals surface area (Å²) in [5.74, 6) is 1.28. The molecule has 0 saturated heterocycles. The topological polar surface area (TPSA) is 17.8 Å². The predicted octanol–water partition coefficient (Wildman–Crippen LogP) is 4.57. The first-order valence-electron chi connectivity index (χ1n) is 7.31. The van der Waals surface area contributed by atoms with Crippen LogP contribution in [0, 0.1) is 0 Å². The van der Waals surface area contributed by atoms with Gasteiger partial charge in [-0.25, -0.2) is 4.98 Å². The van der Waals surface area contributed by atoms with Crippen LogP contribution in [-0.2, 0) is 30.0 Å². The van der Waals surface area contributed by atoms with E-state index in [1.165, 1.54) is 43.4 Å². The van der Waals surface area contributed by atoms with Crippen LogP contribution >= 0.6 is 0 Å². The van der Waals surface area contributed by atoms with Crippen molar-refractivity contribution in [2.45, 2.75) is 58.9 Å². The van der Waals surface area contributed by atoms with Gasteiger partial charge in [0.15, 0.2) is 0 Å². The number of nitrogens with zero attached hydrogens (tertiary/aromatic N) is 2. The van der Waals surface area contributed by atoms with E-state index in [0.29, 0.717) is 0 Å². The van der Waals surface area contributed by atoms with E-state index in [0.717, 1.165) is 18.5 Å². The zero-order valence-electron chi connectivity index (χ0n) is 12.0. The number of hydrogen-bond donors (Lipinski definition) is 0. The van der Waals surface area contributed by atoms with Crippen LogP contribution in [0.25, 0.3) is 11.0 Å². The van der Waals surface area contributed by atoms with Gasteiger partial charge in [-0.1, -0.05) is 45.2 Å². The molecule has 0 aliphatic heterocycles. The molecule has 1 aromatic carbocycles. The second-order valence-corrected chi connectivity index (χ2v) is 4.98. The third kappa shape index (κ3) is 4.09. The standard InChI is InChI=1S/C16H24N2.Cu/c1-3-5-7-12-16-17-14-10-8-9-11-15(14)18(16)13-6-4-2;/h8-11H,3-7,12-13H2,1-2H3;/q;+2. The van der Waals surface area contributed by atoms with Gasteiger partial charge < -0.3 is 4.57 Å². The third-order valence-corrected chi connectivity index (χ3v) is 3.47. The minimum Gasteiger partial charge on any atom is -0.328 e. The molecule has 2 nitrogen and oxygen atoms in total. The molecular formula is C16H24CuN2+2. The van der Waals surface area contributed by atoms with Crippen molar-refractivity contribution in [3.8, 4) is 0 Å². The zero-order valence-corrected chi connectivity index (χ0v) is 12.9. The molecule has 0 unspecified atom stereocenters. The summed E-state index contributed by atoms with van der Waals surface area (Å²) >= 11 is 0. The molecule has 0 spiro atoms. The molecule has 0 aliphatic carbocycles. The van der Waals surface area contributed by atoms with Crippen LogP contribution in [0.5, 0.6) is 0 Å². The number of hydrogen-bond acceptors (Lipinski definition) is 1. The van der Waals surface area contributed by atoms with Crippen molar-refractivity contribution < 1.29 is 17.1 Å². The molecule has 0 N–H and O–H groups in total. The zero-order chi connectivity index (χ0) is 12.8. The number of fused-ring (bicyclic) bond motifs is 1. The first-order chi connectivity index (χ1) is 8.86. The van der Waals surface area contributed by atoms with Crippen molar-refractivity contribution in [3.63, 3.8) is 0 Å². The summed E-state index contributed by atoms with van der Waals surface area (Å²) in [5, 5.41) is 0. The van der Waals surface area contributed by atoms with Crippen molar-refractivity contribution in [2.24, 2.45) is 0 Å². The minimum atomic E-state index is 0. The van der Waals surface area contributed by atoms with Crippen molar-refractivity contribution in [1.29, 1.82) is 0 Å². The normalized spacial score (nSPS) is 10.6. The number of benzene rings is 1. The van der Waals surface area contributed by atoms with Crippen LogP contribution in [-0.4, -0.2) is 9.55 Å². The van der Waals surface area contributed by atoms with Crippen molar-refractivity contribution in [3.05, 3.63) is 30.1 Å². The van der Waals surface area contributed by atoms with Gasteiger partial charge in [-0.2, -0.15) is 0 Å². The second-order valence-electron chi connectivity index (χ2n) is 4.98. The molecule has 0 fully saturated rings. The molecule has 3 heteroatoms. The molecule has 0 bridgehead atoms. The van der Waals surface area contributed by atoms with Gasteiger partial charge in [0.25, 0.3) is 0 Å². The molecule has 0 atom stereocenters. The Morgan fingerprint density at radius 2 is 1.74 bits per heavy atom. The van der Waals surface area contributed by atoms with E-state index < -0.39 is 0 Å². The molecule has 0 saturated carbocycles. The summed E-state index contributed by atoms with van der Waals surface area (Å²) in [4.78, 5) is 4.80. The van der Waals surface area contributed by atoms with Crippen molar-refractivity contribution >= 4 is 11.0 Å². The van der Waals surface area contributed by atoms with Crippen LogP contribution in [0.4, 0.5) is 0 Å². The summed E-state index contributed by atoms with van der Waals surface area (Å²) in [7, 11) is 0. The molecule has 2 rings (SSSR count). The number of imidazole rings is 1. The van der Waals surface area contributed by atoms with Gasteiger partial charge in [0.1, 0.15) is 5.82 Å². The Hall–Kier alpha value is -0.791. The van der Waals surface area contributed by atoms with Gasteiger partial charge in [0.05, 0.1) is 11.0 Å². The van der Waals surface area contributed by atoms with Crippen LogP contribution < -0.4 is 0 Å². The van der Waals surface area contributed by atoms with Crippen LogP contribution in [0.3, 0.4) is 0 Å². The molecule has 19 heavy (non-hydrogen) atoms. The maximum atomic E-state index is 4.80. The molecule has 0 aliphatic rings. The van der Waals surface area contributed by atoms with Gasteiger partial charge in [0, 0.05) is 13.0 Å². The molecule has 1 radical (unpaired) electrons. The van der Waals surface area contributed by atoms with E-state index >= 15 is 0 Å². The first kappa shape index (κ1) is 16.3. The molecule has 1 heterocycles. The average molecular weight is 308 g/mol. The second kappa shape index (κ2) is 8.39. The average Bonchev–Trinajstić information content (AvgIpc) is 2.74. The molecule has 0 amide bonds. The fourth-order valence-electron chi connectivity index (χ4n) is 2.42. The van der Waals surface area contributed by atoms with Gasteiger partial charge in [-0.15, -0.1) is 0 Å². The summed E-state index contributed by atoms with van der Waals surface area (Å²) in [6, 6.07) is 8.51. The Morgan fingerprint density at radius 3 is 2.47 bits per heavy atom. The Balaban J connectivity index is 0.00000180. The van der Waals surface area contributed by atoms with E-state index in [-0.39, 0.29) is 17.1 Å². The van der Waals surface area contributed by atoms with Crippen LogP contribution in [0.15, 0.2) is 24.3 Å². The monoisotopic (exact) mass is 307 g/mol. The SMILES string of the molecule is CCCCCc1nc2ccccc2n1CCCC.[Cu+2].